The largest absolute Gasteiger partial charge is 0.319 e. The van der Waals surface area contributed by atoms with Crippen LogP contribution in [0, 0.1) is 5.41 Å². The van der Waals surface area contributed by atoms with Gasteiger partial charge in [-0.05, 0) is 39.1 Å². The van der Waals surface area contributed by atoms with Crippen molar-refractivity contribution in [1.29, 1.82) is 0 Å². The molecule has 1 unspecified atom stereocenters. The summed E-state index contributed by atoms with van der Waals surface area (Å²) in [6.45, 7) is 1.08. The summed E-state index contributed by atoms with van der Waals surface area (Å²) >= 11 is 7.72. The number of hydrogen-bond acceptors (Lipinski definition) is 3. The highest BCUT2D eigenvalue weighted by molar-refractivity contribution is 7.16. The summed E-state index contributed by atoms with van der Waals surface area (Å²) in [6, 6.07) is 4.59. The topological polar surface area (TPSA) is 24.1 Å². The van der Waals surface area contributed by atoms with Crippen molar-refractivity contribution in [1.82, 2.24) is 10.6 Å². The molecular weight excluding hydrogens is 240 g/mol. The van der Waals surface area contributed by atoms with E-state index in [1.54, 1.807) is 11.3 Å². The van der Waals surface area contributed by atoms with E-state index in [1.165, 1.54) is 24.1 Å². The number of halogens is 1. The maximum atomic E-state index is 6.02. The van der Waals surface area contributed by atoms with Gasteiger partial charge in [0.15, 0.2) is 0 Å². The van der Waals surface area contributed by atoms with Crippen molar-refractivity contribution in [3.8, 4) is 0 Å². The maximum Gasteiger partial charge on any atom is 0.0931 e. The molecule has 2 rings (SSSR count). The molecule has 1 heterocycles. The predicted octanol–water partition coefficient (Wildman–Crippen LogP) is 3.05. The molecule has 1 aliphatic carbocycles. The second-order valence-corrected chi connectivity index (χ2v) is 6.36. The molecule has 0 radical (unpaired) electrons. The van der Waals surface area contributed by atoms with E-state index in [0.29, 0.717) is 11.5 Å². The average molecular weight is 259 g/mol. The Labute approximate surface area is 106 Å². The number of thiophene rings is 1. The zero-order valence-electron chi connectivity index (χ0n) is 9.85. The summed E-state index contributed by atoms with van der Waals surface area (Å²) in [6.07, 6.45) is 3.95. The van der Waals surface area contributed by atoms with Crippen LogP contribution in [0.15, 0.2) is 12.1 Å². The van der Waals surface area contributed by atoms with E-state index in [2.05, 4.69) is 16.7 Å². The second-order valence-electron chi connectivity index (χ2n) is 4.61. The summed E-state index contributed by atoms with van der Waals surface area (Å²) < 4.78 is 0.884. The zero-order chi connectivity index (χ0) is 11.6. The summed E-state index contributed by atoms with van der Waals surface area (Å²) in [5.41, 5.74) is 0.387. The Morgan fingerprint density at radius 3 is 2.56 bits per heavy atom. The fraction of sp³-hybridized carbons (Fsp3) is 0.667. The minimum Gasteiger partial charge on any atom is -0.319 e. The smallest absolute Gasteiger partial charge is 0.0931 e. The average Bonchev–Trinajstić information content (AvgIpc) is 2.62. The third kappa shape index (κ3) is 2.14. The fourth-order valence-corrected chi connectivity index (χ4v) is 4.10. The van der Waals surface area contributed by atoms with Gasteiger partial charge in [0.2, 0.25) is 0 Å². The van der Waals surface area contributed by atoms with E-state index in [4.69, 9.17) is 11.6 Å². The summed E-state index contributed by atoms with van der Waals surface area (Å²) in [4.78, 5) is 1.36. The first-order valence-electron chi connectivity index (χ1n) is 5.79. The van der Waals surface area contributed by atoms with Gasteiger partial charge in [0.05, 0.1) is 4.34 Å². The van der Waals surface area contributed by atoms with Crippen LogP contribution in [0.2, 0.25) is 4.34 Å². The standard InChI is InChI=1S/C12H19ClN2S/c1-14-8-12(6-3-7-12)11(15-2)9-4-5-10(13)16-9/h4-5,11,14-15H,3,6-8H2,1-2H3. The number of rotatable bonds is 5. The molecule has 1 atom stereocenters. The lowest BCUT2D eigenvalue weighted by molar-refractivity contribution is 0.0806. The molecule has 0 saturated heterocycles. The van der Waals surface area contributed by atoms with Gasteiger partial charge >= 0.3 is 0 Å². The summed E-state index contributed by atoms with van der Waals surface area (Å²) in [7, 11) is 4.09. The van der Waals surface area contributed by atoms with Gasteiger partial charge in [0.25, 0.3) is 0 Å². The highest BCUT2D eigenvalue weighted by Gasteiger charge is 2.44. The van der Waals surface area contributed by atoms with Gasteiger partial charge in [-0.1, -0.05) is 18.0 Å². The number of hydrogen-bond donors (Lipinski definition) is 2. The Morgan fingerprint density at radius 1 is 1.44 bits per heavy atom. The molecule has 2 N–H and O–H groups in total. The molecule has 1 fully saturated rings. The van der Waals surface area contributed by atoms with Crippen molar-refractivity contribution >= 4 is 22.9 Å². The van der Waals surface area contributed by atoms with Gasteiger partial charge in [-0.25, -0.2) is 0 Å². The lowest BCUT2D eigenvalue weighted by Gasteiger charge is -2.47. The van der Waals surface area contributed by atoms with E-state index >= 15 is 0 Å². The van der Waals surface area contributed by atoms with E-state index in [0.717, 1.165) is 10.9 Å². The predicted molar refractivity (Wildman–Crippen MR) is 71.3 cm³/mol. The van der Waals surface area contributed by atoms with Crippen molar-refractivity contribution in [2.24, 2.45) is 5.41 Å². The molecule has 0 bridgehead atoms. The molecule has 1 aliphatic rings. The molecule has 1 aromatic rings. The Balaban J connectivity index is 2.20. The van der Waals surface area contributed by atoms with E-state index in [1.807, 2.05) is 20.2 Å². The molecular formula is C12H19ClN2S. The Morgan fingerprint density at radius 2 is 2.19 bits per heavy atom. The Bertz CT molecular complexity index is 347. The second kappa shape index (κ2) is 5.05. The normalized spacial score (nSPS) is 20.4. The van der Waals surface area contributed by atoms with Crippen LogP contribution in [0.5, 0.6) is 0 Å². The molecule has 1 aromatic heterocycles. The monoisotopic (exact) mass is 258 g/mol. The maximum absolute atomic E-state index is 6.02. The highest BCUT2D eigenvalue weighted by Crippen LogP contribution is 2.51. The van der Waals surface area contributed by atoms with Gasteiger partial charge in [0, 0.05) is 22.9 Å². The van der Waals surface area contributed by atoms with Crippen LogP contribution in [0.25, 0.3) is 0 Å². The van der Waals surface area contributed by atoms with Gasteiger partial charge in [0.1, 0.15) is 0 Å². The zero-order valence-corrected chi connectivity index (χ0v) is 11.4. The SMILES string of the molecule is CNCC1(C(NC)c2ccc(Cl)s2)CCC1. The Kier molecular flexibility index (Phi) is 3.90. The van der Waals surface area contributed by atoms with Gasteiger partial charge in [-0.15, -0.1) is 11.3 Å². The molecule has 4 heteroatoms. The molecule has 0 amide bonds. The minimum absolute atomic E-state index is 0.387. The third-order valence-electron chi connectivity index (χ3n) is 3.66. The summed E-state index contributed by atoms with van der Waals surface area (Å²) in [5, 5.41) is 6.80. The lowest BCUT2D eigenvalue weighted by atomic mass is 9.63. The van der Waals surface area contributed by atoms with E-state index < -0.39 is 0 Å². The first-order chi connectivity index (χ1) is 7.72. The third-order valence-corrected chi connectivity index (χ3v) is 4.95. The van der Waals surface area contributed by atoms with Crippen LogP contribution < -0.4 is 10.6 Å². The lowest BCUT2D eigenvalue weighted by Crippen LogP contribution is -2.47. The van der Waals surface area contributed by atoms with Gasteiger partial charge in [-0.3, -0.25) is 0 Å². The van der Waals surface area contributed by atoms with Crippen LogP contribution in [0.1, 0.15) is 30.2 Å². The molecule has 16 heavy (non-hydrogen) atoms. The molecule has 90 valence electrons. The van der Waals surface area contributed by atoms with Crippen LogP contribution in [0.4, 0.5) is 0 Å². The van der Waals surface area contributed by atoms with E-state index in [-0.39, 0.29) is 0 Å². The number of nitrogens with one attached hydrogen (secondary N) is 2. The molecule has 0 aromatic carbocycles. The quantitative estimate of drug-likeness (QED) is 0.848. The van der Waals surface area contributed by atoms with Gasteiger partial charge in [-0.2, -0.15) is 0 Å². The van der Waals surface area contributed by atoms with Crippen molar-refractivity contribution in [3.63, 3.8) is 0 Å². The van der Waals surface area contributed by atoms with Crippen molar-refractivity contribution in [2.45, 2.75) is 25.3 Å². The van der Waals surface area contributed by atoms with Gasteiger partial charge < -0.3 is 10.6 Å². The van der Waals surface area contributed by atoms with Crippen LogP contribution >= 0.6 is 22.9 Å². The minimum atomic E-state index is 0.387. The molecule has 1 saturated carbocycles. The Hall–Kier alpha value is -0.0900. The van der Waals surface area contributed by atoms with Crippen LogP contribution in [0.3, 0.4) is 0 Å². The van der Waals surface area contributed by atoms with Crippen LogP contribution in [-0.4, -0.2) is 20.6 Å². The molecule has 0 aliphatic heterocycles. The van der Waals surface area contributed by atoms with Crippen molar-refractivity contribution < 1.29 is 0 Å². The first kappa shape index (κ1) is 12.4. The van der Waals surface area contributed by atoms with E-state index in [9.17, 15) is 0 Å². The van der Waals surface area contributed by atoms with Crippen LogP contribution in [-0.2, 0) is 0 Å². The molecule has 2 nitrogen and oxygen atoms in total. The van der Waals surface area contributed by atoms with Crippen molar-refractivity contribution in [2.75, 3.05) is 20.6 Å². The molecule has 0 spiro atoms. The highest BCUT2D eigenvalue weighted by atomic mass is 35.5. The first-order valence-corrected chi connectivity index (χ1v) is 6.98. The fourth-order valence-electron chi connectivity index (χ4n) is 2.78. The summed E-state index contributed by atoms with van der Waals surface area (Å²) in [5.74, 6) is 0. The van der Waals surface area contributed by atoms with Crippen molar-refractivity contribution in [3.05, 3.63) is 21.3 Å².